The van der Waals surface area contributed by atoms with E-state index in [1.54, 1.807) is 6.92 Å². The van der Waals surface area contributed by atoms with Crippen LogP contribution in [-0.2, 0) is 4.79 Å². The molecular formula is C17H27BrN2O. The van der Waals surface area contributed by atoms with E-state index in [9.17, 15) is 4.79 Å². The topological polar surface area (TPSA) is 41.1 Å². The molecule has 0 aromatic rings. The van der Waals surface area contributed by atoms with E-state index in [2.05, 4.69) is 38.7 Å². The lowest BCUT2D eigenvalue weighted by molar-refractivity contribution is -0.118. The molecule has 118 valence electrons. The van der Waals surface area contributed by atoms with Gasteiger partial charge in [-0.1, -0.05) is 41.3 Å². The number of hydrogen-bond acceptors (Lipinski definition) is 2. The van der Waals surface area contributed by atoms with Crippen LogP contribution in [0.3, 0.4) is 0 Å². The molecule has 0 aliphatic heterocycles. The van der Waals surface area contributed by atoms with E-state index in [-0.39, 0.29) is 11.4 Å². The van der Waals surface area contributed by atoms with Gasteiger partial charge in [-0.05, 0) is 54.8 Å². The number of hydrogen-bond donors (Lipinski definition) is 2. The van der Waals surface area contributed by atoms with Crippen molar-refractivity contribution in [3.63, 3.8) is 0 Å². The van der Waals surface area contributed by atoms with Crippen molar-refractivity contribution in [3.8, 4) is 0 Å². The fourth-order valence-corrected chi connectivity index (χ4v) is 3.88. The highest BCUT2D eigenvalue weighted by molar-refractivity contribution is 9.11. The summed E-state index contributed by atoms with van der Waals surface area (Å²) in [4.78, 5) is 10.9. The summed E-state index contributed by atoms with van der Waals surface area (Å²) in [6.45, 7) is 3.30. The fraction of sp³-hybridized carbons (Fsp3) is 0.706. The molecule has 1 fully saturated rings. The highest BCUT2D eigenvalue weighted by atomic mass is 79.9. The Kier molecular flexibility index (Phi) is 6.49. The van der Waals surface area contributed by atoms with Crippen molar-refractivity contribution in [2.75, 3.05) is 13.1 Å². The minimum atomic E-state index is 0.0595. The highest BCUT2D eigenvalue weighted by Gasteiger charge is 2.34. The standard InChI is InChI=1S/C17H27BrN2O/c1-14(21)19-11-6-12-20-17(9-3-2-4-10-17)15-7-5-8-16(18)13-15/h7,13,20H,2-6,8-12H2,1H3,(H,19,21). The zero-order valence-corrected chi connectivity index (χ0v) is 14.6. The average Bonchev–Trinajstić information content (AvgIpc) is 2.47. The number of amides is 1. The molecule has 0 heterocycles. The van der Waals surface area contributed by atoms with Crippen molar-refractivity contribution in [3.05, 3.63) is 22.2 Å². The highest BCUT2D eigenvalue weighted by Crippen LogP contribution is 2.38. The van der Waals surface area contributed by atoms with Gasteiger partial charge in [0, 0.05) is 19.0 Å². The molecule has 2 N–H and O–H groups in total. The zero-order chi connectivity index (χ0) is 15.1. The monoisotopic (exact) mass is 354 g/mol. The summed E-state index contributed by atoms with van der Waals surface area (Å²) in [5, 5.41) is 6.68. The maximum Gasteiger partial charge on any atom is 0.216 e. The summed E-state index contributed by atoms with van der Waals surface area (Å²) in [6, 6.07) is 0. The molecule has 0 spiro atoms. The lowest BCUT2D eigenvalue weighted by Gasteiger charge is -2.41. The second-order valence-corrected chi connectivity index (χ2v) is 7.21. The minimum Gasteiger partial charge on any atom is -0.356 e. The van der Waals surface area contributed by atoms with E-state index in [1.165, 1.54) is 42.2 Å². The maximum atomic E-state index is 10.9. The van der Waals surface area contributed by atoms with Crippen molar-refractivity contribution in [2.24, 2.45) is 0 Å². The summed E-state index contributed by atoms with van der Waals surface area (Å²) >= 11 is 3.67. The van der Waals surface area contributed by atoms with Crippen LogP contribution in [-0.4, -0.2) is 24.5 Å². The number of carbonyl (C=O) groups is 1. The van der Waals surface area contributed by atoms with Crippen LogP contribution in [0.15, 0.2) is 22.2 Å². The van der Waals surface area contributed by atoms with Crippen LogP contribution in [0.4, 0.5) is 0 Å². The predicted octanol–water partition coefficient (Wildman–Crippen LogP) is 3.80. The van der Waals surface area contributed by atoms with Crippen LogP contribution < -0.4 is 10.6 Å². The van der Waals surface area contributed by atoms with Crippen molar-refractivity contribution in [1.82, 2.24) is 10.6 Å². The first-order valence-electron chi connectivity index (χ1n) is 8.19. The molecule has 3 nitrogen and oxygen atoms in total. The van der Waals surface area contributed by atoms with E-state index in [4.69, 9.17) is 0 Å². The Balaban J connectivity index is 1.94. The Bertz CT molecular complexity index is 423. The van der Waals surface area contributed by atoms with Crippen LogP contribution in [0.25, 0.3) is 0 Å². The average molecular weight is 355 g/mol. The number of halogens is 1. The van der Waals surface area contributed by atoms with E-state index < -0.39 is 0 Å². The first kappa shape index (κ1) is 16.8. The molecule has 2 rings (SSSR count). The Morgan fingerprint density at radius 3 is 2.71 bits per heavy atom. The summed E-state index contributed by atoms with van der Waals surface area (Å²) in [7, 11) is 0. The summed E-state index contributed by atoms with van der Waals surface area (Å²) in [5.74, 6) is 0.0595. The van der Waals surface area contributed by atoms with Crippen molar-refractivity contribution in [1.29, 1.82) is 0 Å². The Morgan fingerprint density at radius 1 is 1.29 bits per heavy atom. The van der Waals surface area contributed by atoms with Gasteiger partial charge in [0.2, 0.25) is 5.91 Å². The maximum absolute atomic E-state index is 10.9. The van der Waals surface area contributed by atoms with Gasteiger partial charge < -0.3 is 10.6 Å². The van der Waals surface area contributed by atoms with E-state index in [0.29, 0.717) is 0 Å². The van der Waals surface area contributed by atoms with Gasteiger partial charge >= 0.3 is 0 Å². The third-order valence-electron chi connectivity index (χ3n) is 4.51. The molecular weight excluding hydrogens is 328 g/mol. The lowest BCUT2D eigenvalue weighted by Crippen LogP contribution is -2.49. The quantitative estimate of drug-likeness (QED) is 0.712. The molecule has 2 aliphatic carbocycles. The van der Waals surface area contributed by atoms with E-state index in [0.717, 1.165) is 32.4 Å². The molecule has 0 unspecified atom stereocenters. The lowest BCUT2D eigenvalue weighted by atomic mass is 9.74. The van der Waals surface area contributed by atoms with E-state index in [1.807, 2.05) is 0 Å². The SMILES string of the molecule is CC(=O)NCCCNC1(C2=CCCC(Br)=C2)CCCCC1. The molecule has 0 bridgehead atoms. The molecule has 21 heavy (non-hydrogen) atoms. The molecule has 0 aromatic heterocycles. The largest absolute Gasteiger partial charge is 0.356 e. The zero-order valence-electron chi connectivity index (χ0n) is 13.0. The second-order valence-electron chi connectivity index (χ2n) is 6.20. The number of carbonyl (C=O) groups excluding carboxylic acids is 1. The summed E-state index contributed by atoms with van der Waals surface area (Å²) in [5.41, 5.74) is 1.63. The third-order valence-corrected chi connectivity index (χ3v) is 5.14. The second kappa shape index (κ2) is 8.14. The van der Waals surface area contributed by atoms with Gasteiger partial charge in [-0.15, -0.1) is 0 Å². The van der Waals surface area contributed by atoms with Gasteiger partial charge in [0.15, 0.2) is 0 Å². The van der Waals surface area contributed by atoms with Gasteiger partial charge in [0.1, 0.15) is 0 Å². The Hall–Kier alpha value is -0.610. The normalized spacial score (nSPS) is 21.4. The molecule has 1 saturated carbocycles. The number of allylic oxidation sites excluding steroid dienone is 2. The van der Waals surface area contributed by atoms with Crippen LogP contribution in [0.5, 0.6) is 0 Å². The summed E-state index contributed by atoms with van der Waals surface area (Å²) in [6.07, 6.45) is 14.4. The van der Waals surface area contributed by atoms with Crippen LogP contribution in [0.2, 0.25) is 0 Å². The Labute approximate surface area is 136 Å². The number of rotatable bonds is 6. The summed E-state index contributed by atoms with van der Waals surface area (Å²) < 4.78 is 1.32. The van der Waals surface area contributed by atoms with Crippen LogP contribution >= 0.6 is 15.9 Å². The fourth-order valence-electron chi connectivity index (χ4n) is 3.40. The van der Waals surface area contributed by atoms with Gasteiger partial charge in [-0.25, -0.2) is 0 Å². The Morgan fingerprint density at radius 2 is 2.05 bits per heavy atom. The molecule has 0 aromatic carbocycles. The third kappa shape index (κ3) is 4.96. The molecule has 2 aliphatic rings. The van der Waals surface area contributed by atoms with Crippen molar-refractivity contribution in [2.45, 2.75) is 63.8 Å². The molecule has 0 saturated heterocycles. The molecule has 4 heteroatoms. The minimum absolute atomic E-state index is 0.0595. The predicted molar refractivity (Wildman–Crippen MR) is 91.4 cm³/mol. The first-order chi connectivity index (χ1) is 10.1. The smallest absolute Gasteiger partial charge is 0.216 e. The van der Waals surface area contributed by atoms with Crippen LogP contribution in [0.1, 0.15) is 58.3 Å². The molecule has 0 atom stereocenters. The molecule has 1 amide bonds. The van der Waals surface area contributed by atoms with Gasteiger partial charge in [0.05, 0.1) is 0 Å². The van der Waals surface area contributed by atoms with Crippen molar-refractivity contribution >= 4 is 21.8 Å². The number of nitrogens with one attached hydrogen (secondary N) is 2. The van der Waals surface area contributed by atoms with Gasteiger partial charge in [0.25, 0.3) is 0 Å². The van der Waals surface area contributed by atoms with Gasteiger partial charge in [-0.3, -0.25) is 4.79 Å². The van der Waals surface area contributed by atoms with E-state index >= 15 is 0 Å². The molecule has 0 radical (unpaired) electrons. The first-order valence-corrected chi connectivity index (χ1v) is 8.98. The van der Waals surface area contributed by atoms with Crippen molar-refractivity contribution < 1.29 is 4.79 Å². The van der Waals surface area contributed by atoms with Crippen LogP contribution in [0, 0.1) is 0 Å². The van der Waals surface area contributed by atoms with Gasteiger partial charge in [-0.2, -0.15) is 0 Å².